The molecule has 13 heavy (non-hydrogen) atoms. The minimum Gasteiger partial charge on any atom is -0.477 e. The first-order valence-corrected chi connectivity index (χ1v) is 3.51. The van der Waals surface area contributed by atoms with Gasteiger partial charge in [0.05, 0.1) is 19.3 Å². The lowest BCUT2D eigenvalue weighted by atomic mass is 10.3. The van der Waals surface area contributed by atoms with Gasteiger partial charge in [-0.05, 0) is 0 Å². The average Bonchev–Trinajstić information content (AvgIpc) is 2.03. The summed E-state index contributed by atoms with van der Waals surface area (Å²) in [6.45, 7) is -1.91. The van der Waals surface area contributed by atoms with Crippen molar-refractivity contribution in [3.8, 4) is 0 Å². The molecule has 7 heteroatoms. The fourth-order valence-electron chi connectivity index (χ4n) is 0.536. The first-order valence-electron chi connectivity index (χ1n) is 3.51. The van der Waals surface area contributed by atoms with Crippen molar-refractivity contribution >= 4 is 5.97 Å². The molecule has 5 nitrogen and oxygen atoms in total. The van der Waals surface area contributed by atoms with Gasteiger partial charge in [-0.15, -0.1) is 0 Å². The van der Waals surface area contributed by atoms with E-state index in [9.17, 15) is 13.6 Å². The molecule has 0 aromatic rings. The number of hydrogen-bond donors (Lipinski definition) is 4. The standard InChI is InChI=1S/C6H11F2NO4/c7-6(8,5(12)13)3-9-1-4(11)2-10/h4,9-11H,1-3H2,(H,12,13). The van der Waals surface area contributed by atoms with Gasteiger partial charge in [-0.2, -0.15) is 8.78 Å². The third kappa shape index (κ3) is 4.71. The van der Waals surface area contributed by atoms with Crippen LogP contribution in [-0.2, 0) is 4.79 Å². The van der Waals surface area contributed by atoms with Gasteiger partial charge < -0.3 is 20.6 Å². The van der Waals surface area contributed by atoms with Gasteiger partial charge in [0, 0.05) is 6.54 Å². The van der Waals surface area contributed by atoms with Crippen LogP contribution in [0.4, 0.5) is 8.78 Å². The molecule has 0 aromatic heterocycles. The van der Waals surface area contributed by atoms with E-state index in [0.29, 0.717) is 0 Å². The molecule has 1 unspecified atom stereocenters. The highest BCUT2D eigenvalue weighted by molar-refractivity contribution is 5.75. The Labute approximate surface area is 73.0 Å². The molecule has 0 radical (unpaired) electrons. The Hall–Kier alpha value is -0.790. The minimum absolute atomic E-state index is 0.278. The zero-order valence-electron chi connectivity index (χ0n) is 6.70. The van der Waals surface area contributed by atoms with E-state index < -0.39 is 31.1 Å². The van der Waals surface area contributed by atoms with Crippen LogP contribution in [0.25, 0.3) is 0 Å². The first kappa shape index (κ1) is 12.2. The molecule has 0 fully saturated rings. The summed E-state index contributed by atoms with van der Waals surface area (Å²) in [5.41, 5.74) is 0. The second kappa shape index (κ2) is 5.05. The van der Waals surface area contributed by atoms with Crippen LogP contribution < -0.4 is 5.32 Å². The van der Waals surface area contributed by atoms with Crippen molar-refractivity contribution in [1.29, 1.82) is 0 Å². The Morgan fingerprint density at radius 3 is 2.46 bits per heavy atom. The fraction of sp³-hybridized carbons (Fsp3) is 0.833. The van der Waals surface area contributed by atoms with E-state index >= 15 is 0 Å². The SMILES string of the molecule is O=C(O)C(F)(F)CNCC(O)CO. The van der Waals surface area contributed by atoms with Gasteiger partial charge in [0.15, 0.2) is 0 Å². The number of carboxylic acid groups (broad SMARTS) is 1. The zero-order valence-corrected chi connectivity index (χ0v) is 6.70. The number of halogens is 2. The number of aliphatic hydroxyl groups excluding tert-OH is 2. The third-order valence-electron chi connectivity index (χ3n) is 1.25. The topological polar surface area (TPSA) is 89.8 Å². The third-order valence-corrected chi connectivity index (χ3v) is 1.25. The molecule has 0 heterocycles. The molecule has 0 rings (SSSR count). The van der Waals surface area contributed by atoms with Crippen LogP contribution in [0.2, 0.25) is 0 Å². The van der Waals surface area contributed by atoms with E-state index in [1.165, 1.54) is 0 Å². The second-order valence-corrected chi connectivity index (χ2v) is 2.48. The van der Waals surface area contributed by atoms with E-state index in [0.717, 1.165) is 0 Å². The molecular weight excluding hydrogens is 188 g/mol. The maximum absolute atomic E-state index is 12.3. The van der Waals surface area contributed by atoms with Gasteiger partial charge in [-0.1, -0.05) is 0 Å². The number of carbonyl (C=O) groups is 1. The van der Waals surface area contributed by atoms with E-state index in [1.54, 1.807) is 0 Å². The summed E-state index contributed by atoms with van der Waals surface area (Å²) in [7, 11) is 0. The first-order chi connectivity index (χ1) is 5.90. The van der Waals surface area contributed by atoms with Crippen LogP contribution in [0.3, 0.4) is 0 Å². The van der Waals surface area contributed by atoms with Crippen LogP contribution in [0.5, 0.6) is 0 Å². The van der Waals surface area contributed by atoms with Crippen LogP contribution >= 0.6 is 0 Å². The van der Waals surface area contributed by atoms with E-state index in [4.69, 9.17) is 15.3 Å². The quantitative estimate of drug-likeness (QED) is 0.424. The lowest BCUT2D eigenvalue weighted by Crippen LogP contribution is -2.42. The Bertz CT molecular complexity index is 176. The van der Waals surface area contributed by atoms with Gasteiger partial charge in [0.2, 0.25) is 0 Å². The Balaban J connectivity index is 3.70. The largest absolute Gasteiger partial charge is 0.477 e. The van der Waals surface area contributed by atoms with Crippen molar-refractivity contribution in [3.05, 3.63) is 0 Å². The minimum atomic E-state index is -3.85. The van der Waals surface area contributed by atoms with Crippen LogP contribution in [0.15, 0.2) is 0 Å². The second-order valence-electron chi connectivity index (χ2n) is 2.48. The van der Waals surface area contributed by atoms with Crippen molar-refractivity contribution in [2.24, 2.45) is 0 Å². The normalized spacial score (nSPS) is 14.2. The number of alkyl halides is 2. The number of aliphatic hydroxyl groups is 2. The number of rotatable bonds is 6. The van der Waals surface area contributed by atoms with Gasteiger partial charge in [-0.3, -0.25) is 0 Å². The number of carboxylic acids is 1. The summed E-state index contributed by atoms with van der Waals surface area (Å²) in [5, 5.41) is 26.9. The fourth-order valence-corrected chi connectivity index (χ4v) is 0.536. The zero-order chi connectivity index (χ0) is 10.5. The molecule has 0 aromatic carbocycles. The van der Waals surface area contributed by atoms with E-state index in [-0.39, 0.29) is 6.54 Å². The molecule has 0 aliphatic rings. The summed E-state index contributed by atoms with van der Waals surface area (Å²) in [6, 6.07) is 0. The molecule has 4 N–H and O–H groups in total. The summed E-state index contributed by atoms with van der Waals surface area (Å²) in [5.74, 6) is -6.08. The van der Waals surface area contributed by atoms with Crippen molar-refractivity contribution < 1.29 is 28.9 Å². The summed E-state index contributed by atoms with van der Waals surface area (Å²) < 4.78 is 24.6. The highest BCUT2D eigenvalue weighted by Gasteiger charge is 2.38. The highest BCUT2D eigenvalue weighted by Crippen LogP contribution is 2.11. The van der Waals surface area contributed by atoms with Gasteiger partial charge >= 0.3 is 11.9 Å². The summed E-state index contributed by atoms with van der Waals surface area (Å²) >= 11 is 0. The van der Waals surface area contributed by atoms with Crippen molar-refractivity contribution in [2.45, 2.75) is 12.0 Å². The molecule has 0 bridgehead atoms. The summed E-state index contributed by atoms with van der Waals surface area (Å²) in [4.78, 5) is 9.86. The van der Waals surface area contributed by atoms with Crippen molar-refractivity contribution in [3.63, 3.8) is 0 Å². The van der Waals surface area contributed by atoms with Crippen LogP contribution in [0, 0.1) is 0 Å². The van der Waals surface area contributed by atoms with E-state index in [1.807, 2.05) is 5.32 Å². The predicted octanol–water partition coefficient (Wildman–Crippen LogP) is -1.35. The lowest BCUT2D eigenvalue weighted by Gasteiger charge is -2.13. The maximum Gasteiger partial charge on any atom is 0.375 e. The Morgan fingerprint density at radius 1 is 1.54 bits per heavy atom. The van der Waals surface area contributed by atoms with Crippen LogP contribution in [0.1, 0.15) is 0 Å². The average molecular weight is 199 g/mol. The number of nitrogens with one attached hydrogen (secondary N) is 1. The predicted molar refractivity (Wildman–Crippen MR) is 38.5 cm³/mol. The molecule has 1 atom stereocenters. The van der Waals surface area contributed by atoms with Crippen molar-refractivity contribution in [1.82, 2.24) is 5.32 Å². The molecule has 0 aliphatic heterocycles. The van der Waals surface area contributed by atoms with Gasteiger partial charge in [0.25, 0.3) is 0 Å². The van der Waals surface area contributed by atoms with E-state index in [2.05, 4.69) is 0 Å². The Kier molecular flexibility index (Phi) is 4.74. The molecular formula is C6H11F2NO4. The van der Waals surface area contributed by atoms with Gasteiger partial charge in [0.1, 0.15) is 0 Å². The molecule has 0 aliphatic carbocycles. The smallest absolute Gasteiger partial charge is 0.375 e. The molecule has 0 spiro atoms. The number of hydrogen-bond acceptors (Lipinski definition) is 4. The molecule has 78 valence electrons. The summed E-state index contributed by atoms with van der Waals surface area (Å²) in [6.07, 6.45) is -1.16. The highest BCUT2D eigenvalue weighted by atomic mass is 19.3. The monoisotopic (exact) mass is 199 g/mol. The van der Waals surface area contributed by atoms with Gasteiger partial charge in [-0.25, -0.2) is 4.79 Å². The molecule has 0 saturated heterocycles. The molecule has 0 amide bonds. The maximum atomic E-state index is 12.3. The Morgan fingerprint density at radius 2 is 2.08 bits per heavy atom. The lowest BCUT2D eigenvalue weighted by molar-refractivity contribution is -0.164. The molecule has 0 saturated carbocycles. The van der Waals surface area contributed by atoms with Crippen LogP contribution in [-0.4, -0.2) is 53.0 Å². The number of aliphatic carboxylic acids is 1. The van der Waals surface area contributed by atoms with Crippen molar-refractivity contribution in [2.75, 3.05) is 19.7 Å².